The zero-order valence-electron chi connectivity index (χ0n) is 14.3. The molecule has 3 heterocycles. The summed E-state index contributed by atoms with van der Waals surface area (Å²) < 4.78 is 16.8. The summed E-state index contributed by atoms with van der Waals surface area (Å²) in [7, 11) is 1.53. The molecule has 1 aromatic carbocycles. The number of benzene rings is 1. The highest BCUT2D eigenvalue weighted by Crippen LogP contribution is 2.36. The van der Waals surface area contributed by atoms with E-state index >= 15 is 0 Å². The van der Waals surface area contributed by atoms with Gasteiger partial charge in [0.15, 0.2) is 5.79 Å². The normalized spacial score (nSPS) is 26.6. The maximum Gasteiger partial charge on any atom is 0.251 e. The maximum absolute atomic E-state index is 12.9. The lowest BCUT2D eigenvalue weighted by molar-refractivity contribution is -0.188. The number of ether oxygens (including phenoxy) is 3. The van der Waals surface area contributed by atoms with Gasteiger partial charge in [-0.25, -0.2) is 4.90 Å². The van der Waals surface area contributed by atoms with E-state index in [1.807, 2.05) is 6.07 Å². The van der Waals surface area contributed by atoms with Crippen molar-refractivity contribution in [2.24, 2.45) is 0 Å². The first-order chi connectivity index (χ1) is 12.1. The van der Waals surface area contributed by atoms with Gasteiger partial charge in [-0.1, -0.05) is 12.1 Å². The molecule has 1 atom stereocenters. The second-order valence-electron chi connectivity index (χ2n) is 6.60. The predicted molar refractivity (Wildman–Crippen MR) is 89.3 cm³/mol. The Kier molecular flexibility index (Phi) is 4.23. The maximum atomic E-state index is 12.9. The number of hydrogen-bond acceptors (Lipinski definition) is 6. The number of rotatable bonds is 3. The highest BCUT2D eigenvalue weighted by atomic mass is 16.7. The van der Waals surface area contributed by atoms with E-state index in [1.165, 1.54) is 12.0 Å². The molecule has 7 heteroatoms. The molecule has 1 aromatic rings. The average Bonchev–Trinajstić information content (AvgIpc) is 3.20. The van der Waals surface area contributed by atoms with Crippen LogP contribution < -0.4 is 9.64 Å². The van der Waals surface area contributed by atoms with Crippen LogP contribution >= 0.6 is 0 Å². The molecular weight excluding hydrogens is 324 g/mol. The number of likely N-dealkylation sites (tertiary alicyclic amines) is 1. The third-order valence-electron chi connectivity index (χ3n) is 5.26. The van der Waals surface area contributed by atoms with Crippen molar-refractivity contribution in [2.45, 2.75) is 31.1 Å². The number of imide groups is 1. The van der Waals surface area contributed by atoms with Crippen molar-refractivity contribution in [3.05, 3.63) is 24.3 Å². The van der Waals surface area contributed by atoms with Crippen molar-refractivity contribution in [3.8, 4) is 5.75 Å². The van der Waals surface area contributed by atoms with E-state index in [4.69, 9.17) is 14.2 Å². The van der Waals surface area contributed by atoms with Crippen LogP contribution in [0.25, 0.3) is 0 Å². The molecule has 0 radical (unpaired) electrons. The van der Waals surface area contributed by atoms with Gasteiger partial charge in [-0.3, -0.25) is 14.5 Å². The van der Waals surface area contributed by atoms with Crippen molar-refractivity contribution in [1.29, 1.82) is 0 Å². The molecule has 7 nitrogen and oxygen atoms in total. The molecule has 2 amide bonds. The summed E-state index contributed by atoms with van der Waals surface area (Å²) in [6.45, 7) is 2.62. The highest BCUT2D eigenvalue weighted by molar-refractivity contribution is 6.23. The molecule has 3 fully saturated rings. The summed E-state index contributed by atoms with van der Waals surface area (Å²) in [6, 6.07) is 6.68. The van der Waals surface area contributed by atoms with Crippen LogP contribution in [-0.4, -0.2) is 62.0 Å². The molecule has 4 rings (SSSR count). The van der Waals surface area contributed by atoms with E-state index in [-0.39, 0.29) is 18.2 Å². The number of piperidine rings is 1. The lowest BCUT2D eigenvalue weighted by Gasteiger charge is -2.39. The molecule has 0 N–H and O–H groups in total. The van der Waals surface area contributed by atoms with Gasteiger partial charge in [0.1, 0.15) is 5.75 Å². The molecule has 0 saturated carbocycles. The molecular formula is C18H22N2O5. The number of nitrogens with zero attached hydrogens (tertiary/aromatic N) is 2. The smallest absolute Gasteiger partial charge is 0.251 e. The van der Waals surface area contributed by atoms with E-state index < -0.39 is 11.8 Å². The zero-order valence-corrected chi connectivity index (χ0v) is 14.3. The molecule has 134 valence electrons. The zero-order chi connectivity index (χ0) is 17.4. The van der Waals surface area contributed by atoms with Gasteiger partial charge in [0, 0.05) is 25.9 Å². The Labute approximate surface area is 146 Å². The standard InChI is InChI=1S/C18H22N2O5/c1-23-15-5-3-2-4-13(15)20-16(21)12-14(17(20)22)19-8-6-18(7-9-19)24-10-11-25-18/h2-5,14H,6-12H2,1H3. The first-order valence-corrected chi connectivity index (χ1v) is 8.65. The first-order valence-electron chi connectivity index (χ1n) is 8.65. The third kappa shape index (κ3) is 2.82. The Morgan fingerprint density at radius 2 is 1.80 bits per heavy atom. The van der Waals surface area contributed by atoms with Crippen LogP contribution in [0.4, 0.5) is 5.69 Å². The van der Waals surface area contributed by atoms with E-state index in [2.05, 4.69) is 4.90 Å². The Morgan fingerprint density at radius 3 is 2.48 bits per heavy atom. The van der Waals surface area contributed by atoms with Crippen molar-refractivity contribution < 1.29 is 23.8 Å². The molecule has 0 aromatic heterocycles. The molecule has 1 spiro atoms. The Bertz CT molecular complexity index is 676. The number of carbonyl (C=O) groups is 2. The topological polar surface area (TPSA) is 68.3 Å². The van der Waals surface area contributed by atoms with Gasteiger partial charge >= 0.3 is 0 Å². The SMILES string of the molecule is COc1ccccc1N1C(=O)CC(N2CCC3(CC2)OCCO3)C1=O. The number of methoxy groups -OCH3 is 1. The summed E-state index contributed by atoms with van der Waals surface area (Å²) >= 11 is 0. The van der Waals surface area contributed by atoms with Crippen LogP contribution in [0.3, 0.4) is 0 Å². The van der Waals surface area contributed by atoms with Crippen LogP contribution in [0.1, 0.15) is 19.3 Å². The summed E-state index contributed by atoms with van der Waals surface area (Å²) in [5.41, 5.74) is 0.512. The van der Waals surface area contributed by atoms with Gasteiger partial charge < -0.3 is 14.2 Å². The largest absolute Gasteiger partial charge is 0.495 e. The number of hydrogen-bond donors (Lipinski definition) is 0. The summed E-state index contributed by atoms with van der Waals surface area (Å²) in [5.74, 6) is -0.327. The summed E-state index contributed by atoms with van der Waals surface area (Å²) in [6.07, 6.45) is 1.64. The lowest BCUT2D eigenvalue weighted by Crippen LogP contribution is -2.51. The fraction of sp³-hybridized carbons (Fsp3) is 0.556. The van der Waals surface area contributed by atoms with Gasteiger partial charge in [-0.2, -0.15) is 0 Å². The molecule has 0 aliphatic carbocycles. The molecule has 25 heavy (non-hydrogen) atoms. The Morgan fingerprint density at radius 1 is 1.12 bits per heavy atom. The second kappa shape index (κ2) is 6.40. The van der Waals surface area contributed by atoms with Crippen LogP contribution in [0.2, 0.25) is 0 Å². The van der Waals surface area contributed by atoms with Gasteiger partial charge in [0.05, 0.1) is 38.5 Å². The molecule has 3 aliphatic rings. The highest BCUT2D eigenvalue weighted by Gasteiger charge is 2.47. The quantitative estimate of drug-likeness (QED) is 0.765. The van der Waals surface area contributed by atoms with Gasteiger partial charge in [-0.05, 0) is 12.1 Å². The second-order valence-corrected chi connectivity index (χ2v) is 6.60. The lowest BCUT2D eigenvalue weighted by atomic mass is 10.0. The molecule has 3 saturated heterocycles. The third-order valence-corrected chi connectivity index (χ3v) is 5.26. The van der Waals surface area contributed by atoms with Crippen molar-refractivity contribution in [3.63, 3.8) is 0 Å². The minimum atomic E-state index is -0.482. The Hall–Kier alpha value is -1.96. The van der Waals surface area contributed by atoms with Crippen molar-refractivity contribution in [2.75, 3.05) is 38.3 Å². The monoisotopic (exact) mass is 346 g/mol. The van der Waals surface area contributed by atoms with E-state index in [9.17, 15) is 9.59 Å². The number of para-hydroxylation sites is 2. The number of anilines is 1. The fourth-order valence-corrected chi connectivity index (χ4v) is 3.93. The van der Waals surface area contributed by atoms with Crippen LogP contribution in [0.5, 0.6) is 5.75 Å². The summed E-state index contributed by atoms with van der Waals surface area (Å²) in [5, 5.41) is 0. The predicted octanol–water partition coefficient (Wildman–Crippen LogP) is 1.17. The minimum absolute atomic E-state index is 0.182. The van der Waals surface area contributed by atoms with Gasteiger partial charge in [0.2, 0.25) is 5.91 Å². The van der Waals surface area contributed by atoms with Gasteiger partial charge in [0.25, 0.3) is 5.91 Å². The van der Waals surface area contributed by atoms with Crippen molar-refractivity contribution >= 4 is 17.5 Å². The molecule has 0 bridgehead atoms. The van der Waals surface area contributed by atoms with Crippen LogP contribution in [-0.2, 0) is 19.1 Å². The van der Waals surface area contributed by atoms with Gasteiger partial charge in [-0.15, -0.1) is 0 Å². The van der Waals surface area contributed by atoms with Crippen molar-refractivity contribution in [1.82, 2.24) is 4.90 Å². The van der Waals surface area contributed by atoms with E-state index in [0.29, 0.717) is 37.7 Å². The average molecular weight is 346 g/mol. The fourth-order valence-electron chi connectivity index (χ4n) is 3.93. The minimum Gasteiger partial charge on any atom is -0.495 e. The Balaban J connectivity index is 1.50. The molecule has 1 unspecified atom stereocenters. The van der Waals surface area contributed by atoms with E-state index in [0.717, 1.165) is 12.8 Å². The summed E-state index contributed by atoms with van der Waals surface area (Å²) in [4.78, 5) is 28.8. The van der Waals surface area contributed by atoms with Crippen LogP contribution in [0, 0.1) is 0 Å². The van der Waals surface area contributed by atoms with E-state index in [1.54, 1.807) is 18.2 Å². The molecule has 3 aliphatic heterocycles. The number of amides is 2. The number of carbonyl (C=O) groups excluding carboxylic acids is 2. The van der Waals surface area contributed by atoms with Crippen LogP contribution in [0.15, 0.2) is 24.3 Å². The first kappa shape index (κ1) is 16.5.